The number of hydrogen-bond acceptors (Lipinski definition) is 6. The molecule has 0 saturated carbocycles. The molecule has 0 aliphatic carbocycles. The van der Waals surface area contributed by atoms with Crippen molar-refractivity contribution in [2.24, 2.45) is 0 Å². The Kier molecular flexibility index (Phi) is 6.93. The summed E-state index contributed by atoms with van der Waals surface area (Å²) in [6.45, 7) is 7.43. The Balaban J connectivity index is 1.21. The highest BCUT2D eigenvalue weighted by Crippen LogP contribution is 2.51. The number of halogens is 1. The molecule has 3 aliphatic heterocycles. The number of nitrogens with zero attached hydrogens (tertiary/aromatic N) is 2. The van der Waals surface area contributed by atoms with E-state index in [0.29, 0.717) is 23.0 Å². The maximum atomic E-state index is 6.32. The van der Waals surface area contributed by atoms with Gasteiger partial charge in [0.05, 0.1) is 14.2 Å². The first kappa shape index (κ1) is 23.6. The summed E-state index contributed by atoms with van der Waals surface area (Å²) in [6, 6.07) is 16.8. The van der Waals surface area contributed by atoms with Crippen molar-refractivity contribution >= 4 is 17.3 Å². The monoisotopic (exact) mass is 494 g/mol. The molecule has 0 amide bonds. The van der Waals surface area contributed by atoms with E-state index in [9.17, 15) is 0 Å². The fourth-order valence-corrected chi connectivity index (χ4v) is 5.05. The van der Waals surface area contributed by atoms with Crippen LogP contribution in [-0.4, -0.2) is 58.6 Å². The van der Waals surface area contributed by atoms with E-state index in [4.69, 9.17) is 30.5 Å². The van der Waals surface area contributed by atoms with E-state index in [1.54, 1.807) is 14.2 Å². The van der Waals surface area contributed by atoms with Crippen LogP contribution < -0.4 is 23.8 Å². The highest BCUT2D eigenvalue weighted by atomic mass is 35.5. The second kappa shape index (κ2) is 10.3. The second-order valence-corrected chi connectivity index (χ2v) is 9.29. The van der Waals surface area contributed by atoms with Crippen LogP contribution in [0.4, 0.5) is 5.69 Å². The van der Waals surface area contributed by atoms with Gasteiger partial charge in [-0.1, -0.05) is 41.9 Å². The molecule has 6 nitrogen and oxygen atoms in total. The average Bonchev–Trinajstić information content (AvgIpc) is 3.21. The van der Waals surface area contributed by atoms with E-state index in [1.165, 1.54) is 16.8 Å². The lowest BCUT2D eigenvalue weighted by molar-refractivity contribution is 0.124. The van der Waals surface area contributed by atoms with E-state index in [2.05, 4.69) is 47.1 Å². The number of piperazine rings is 1. The third kappa shape index (κ3) is 4.73. The number of methoxy groups -OCH3 is 2. The van der Waals surface area contributed by atoms with Crippen LogP contribution in [0.3, 0.4) is 0 Å². The largest absolute Gasteiger partial charge is 0.490 e. The maximum absolute atomic E-state index is 6.32. The van der Waals surface area contributed by atoms with Gasteiger partial charge in [-0.3, -0.25) is 4.90 Å². The van der Waals surface area contributed by atoms with Crippen molar-refractivity contribution in [1.29, 1.82) is 0 Å². The molecule has 3 heterocycles. The lowest BCUT2D eigenvalue weighted by Gasteiger charge is -2.37. The fourth-order valence-electron chi connectivity index (χ4n) is 4.88. The Labute approximate surface area is 211 Å². The molecule has 1 saturated heterocycles. The minimum atomic E-state index is 0.132. The summed E-state index contributed by atoms with van der Waals surface area (Å²) < 4.78 is 22.6. The molecule has 184 valence electrons. The van der Waals surface area contributed by atoms with Gasteiger partial charge in [0.15, 0.2) is 11.5 Å². The molecule has 1 fully saturated rings. The Morgan fingerprint density at radius 3 is 2.37 bits per heavy atom. The van der Waals surface area contributed by atoms with Gasteiger partial charge in [-0.05, 0) is 48.2 Å². The Morgan fingerprint density at radius 1 is 0.914 bits per heavy atom. The van der Waals surface area contributed by atoms with Crippen molar-refractivity contribution in [3.05, 3.63) is 64.7 Å². The van der Waals surface area contributed by atoms with Gasteiger partial charge in [0.25, 0.3) is 0 Å². The van der Waals surface area contributed by atoms with Crippen LogP contribution in [0, 0.1) is 6.92 Å². The summed E-state index contributed by atoms with van der Waals surface area (Å²) >= 11 is 6.32. The fraction of sp³-hybridized carbons (Fsp3) is 0.357. The molecule has 0 radical (unpaired) electrons. The van der Waals surface area contributed by atoms with E-state index in [0.717, 1.165) is 55.3 Å². The lowest BCUT2D eigenvalue weighted by atomic mass is 10.0. The van der Waals surface area contributed by atoms with Crippen molar-refractivity contribution in [2.45, 2.75) is 13.3 Å². The first-order chi connectivity index (χ1) is 17.1. The van der Waals surface area contributed by atoms with Crippen LogP contribution in [0.15, 0.2) is 48.5 Å². The molecular formula is C28H31ClN2O4. The molecule has 3 aliphatic rings. The summed E-state index contributed by atoms with van der Waals surface area (Å²) in [4.78, 5) is 4.98. The minimum absolute atomic E-state index is 0.132. The third-order valence-electron chi connectivity index (χ3n) is 6.92. The smallest absolute Gasteiger partial charge is 0.231 e. The number of rotatable bonds is 7. The van der Waals surface area contributed by atoms with Gasteiger partial charge in [0, 0.05) is 49.0 Å². The Morgan fingerprint density at radius 2 is 1.66 bits per heavy atom. The Bertz CT molecular complexity index is 1190. The molecule has 0 aromatic heterocycles. The van der Waals surface area contributed by atoms with E-state index in [1.807, 2.05) is 18.2 Å². The third-order valence-corrected chi connectivity index (χ3v) is 7.33. The zero-order valence-corrected chi connectivity index (χ0v) is 21.2. The second-order valence-electron chi connectivity index (χ2n) is 8.88. The zero-order chi connectivity index (χ0) is 24.4. The predicted octanol–water partition coefficient (Wildman–Crippen LogP) is 5.43. The SMILES string of the molecule is COc1c2cc(-c3ccc(CCN4CCN(c5cccc(Cl)c5C)CC4)cc3)c(c1OC)OCO2. The number of anilines is 1. The Hall–Kier alpha value is -3.09. The summed E-state index contributed by atoms with van der Waals surface area (Å²) in [6.07, 6.45) is 1.01. The highest BCUT2D eigenvalue weighted by molar-refractivity contribution is 6.31. The van der Waals surface area contributed by atoms with Crippen LogP contribution in [-0.2, 0) is 6.42 Å². The summed E-state index contributed by atoms with van der Waals surface area (Å²) in [7, 11) is 3.22. The molecule has 3 aromatic rings. The summed E-state index contributed by atoms with van der Waals surface area (Å²) in [5.74, 6) is 2.39. The number of benzene rings is 3. The molecule has 35 heavy (non-hydrogen) atoms. The topological polar surface area (TPSA) is 43.4 Å². The van der Waals surface area contributed by atoms with Crippen LogP contribution in [0.2, 0.25) is 5.02 Å². The van der Waals surface area contributed by atoms with Crippen molar-refractivity contribution in [3.8, 4) is 34.1 Å². The van der Waals surface area contributed by atoms with Gasteiger partial charge in [0.1, 0.15) is 0 Å². The molecular weight excluding hydrogens is 464 g/mol. The predicted molar refractivity (Wildman–Crippen MR) is 140 cm³/mol. The number of hydrogen-bond donors (Lipinski definition) is 0. The van der Waals surface area contributed by atoms with Gasteiger partial charge in [-0.25, -0.2) is 0 Å². The summed E-state index contributed by atoms with van der Waals surface area (Å²) in [5.41, 5.74) is 5.73. The zero-order valence-electron chi connectivity index (χ0n) is 20.5. The van der Waals surface area contributed by atoms with Crippen molar-refractivity contribution in [1.82, 2.24) is 4.90 Å². The molecule has 2 bridgehead atoms. The molecule has 0 N–H and O–H groups in total. The van der Waals surface area contributed by atoms with Crippen molar-refractivity contribution in [2.75, 3.05) is 58.6 Å². The van der Waals surface area contributed by atoms with E-state index < -0.39 is 0 Å². The van der Waals surface area contributed by atoms with Gasteiger partial charge < -0.3 is 23.8 Å². The molecule has 0 atom stereocenters. The normalized spacial score (nSPS) is 15.4. The maximum Gasteiger partial charge on any atom is 0.231 e. The van der Waals surface area contributed by atoms with Crippen molar-refractivity contribution in [3.63, 3.8) is 0 Å². The van der Waals surface area contributed by atoms with Crippen molar-refractivity contribution < 1.29 is 18.9 Å². The van der Waals surface area contributed by atoms with Gasteiger partial charge in [0.2, 0.25) is 18.3 Å². The molecule has 0 spiro atoms. The quantitative estimate of drug-likeness (QED) is 0.436. The molecule has 3 aromatic carbocycles. The van der Waals surface area contributed by atoms with Crippen LogP contribution in [0.25, 0.3) is 11.1 Å². The molecule has 6 rings (SSSR count). The average molecular weight is 495 g/mol. The van der Waals surface area contributed by atoms with Crippen LogP contribution in [0.1, 0.15) is 11.1 Å². The van der Waals surface area contributed by atoms with E-state index >= 15 is 0 Å². The molecule has 7 heteroatoms. The van der Waals surface area contributed by atoms with Gasteiger partial charge in [-0.2, -0.15) is 0 Å². The van der Waals surface area contributed by atoms with Crippen LogP contribution >= 0.6 is 11.6 Å². The van der Waals surface area contributed by atoms with Gasteiger partial charge in [-0.15, -0.1) is 0 Å². The first-order valence-electron chi connectivity index (χ1n) is 12.0. The summed E-state index contributed by atoms with van der Waals surface area (Å²) in [5, 5.41) is 0.838. The number of ether oxygens (including phenoxy) is 4. The lowest BCUT2D eigenvalue weighted by Crippen LogP contribution is -2.47. The molecule has 0 unspecified atom stereocenters. The van der Waals surface area contributed by atoms with Gasteiger partial charge >= 0.3 is 0 Å². The van der Waals surface area contributed by atoms with E-state index in [-0.39, 0.29) is 6.79 Å². The number of fused-ring (bicyclic) bond motifs is 4. The standard InChI is InChI=1S/C28H31ClN2O4/c1-19-23(29)5-4-6-24(19)31-15-13-30(14-16-31)12-11-20-7-9-21(10-8-20)22-17-25-27(32-2)28(33-3)26(22)35-18-34-25/h4-10,17H,11-16,18H2,1-3H3. The minimum Gasteiger partial charge on any atom is -0.490 e. The first-order valence-corrected chi connectivity index (χ1v) is 12.3. The van der Waals surface area contributed by atoms with Crippen LogP contribution in [0.5, 0.6) is 23.0 Å². The highest BCUT2D eigenvalue weighted by Gasteiger charge is 2.26.